The summed E-state index contributed by atoms with van der Waals surface area (Å²) in [7, 11) is 0. The highest BCUT2D eigenvalue weighted by Gasteiger charge is 2.16. The predicted octanol–water partition coefficient (Wildman–Crippen LogP) is 4.71. The molecular weight excluding hydrogens is 388 g/mol. The summed E-state index contributed by atoms with van der Waals surface area (Å²) in [5.74, 6) is -1.15. The van der Waals surface area contributed by atoms with E-state index >= 15 is 0 Å². The fourth-order valence-corrected chi connectivity index (χ4v) is 3.81. The Hall–Kier alpha value is -2.28. The van der Waals surface area contributed by atoms with Crippen molar-refractivity contribution in [3.63, 3.8) is 0 Å². The van der Waals surface area contributed by atoms with Crippen molar-refractivity contribution in [2.24, 2.45) is 0 Å². The molecule has 1 aromatic heterocycles. The topological polar surface area (TPSA) is 58.4 Å². The molecule has 0 radical (unpaired) electrons. The van der Waals surface area contributed by atoms with Crippen LogP contribution in [0.2, 0.25) is 0 Å². The maximum absolute atomic E-state index is 13.8. The second kappa shape index (κ2) is 11.8. The number of hydrogen-bond acceptors (Lipinski definition) is 4. The standard InChI is InChI=1S/C23H31F2N3O2/c24-18-9-8-10-19(25)23(18)20-17-27-22(30-20)12-11-21(29)26-13-4-2-1-3-5-14-28-15-6-7-16-28/h8-10,17H,1-7,11-16H2,(H,26,29). The number of nitrogens with one attached hydrogen (secondary N) is 1. The summed E-state index contributed by atoms with van der Waals surface area (Å²) in [6.45, 7) is 4.42. The molecule has 0 saturated carbocycles. The first-order chi connectivity index (χ1) is 14.6. The van der Waals surface area contributed by atoms with E-state index in [0.717, 1.165) is 12.8 Å². The molecule has 1 aliphatic heterocycles. The normalized spacial score (nSPS) is 14.3. The molecule has 1 fully saturated rings. The van der Waals surface area contributed by atoms with Gasteiger partial charge in [0.15, 0.2) is 11.7 Å². The first-order valence-electron chi connectivity index (χ1n) is 11.0. The van der Waals surface area contributed by atoms with E-state index in [4.69, 9.17) is 4.42 Å². The van der Waals surface area contributed by atoms with Crippen LogP contribution >= 0.6 is 0 Å². The lowest BCUT2D eigenvalue weighted by molar-refractivity contribution is -0.121. The third kappa shape index (κ3) is 6.90. The monoisotopic (exact) mass is 419 g/mol. The average molecular weight is 420 g/mol. The van der Waals surface area contributed by atoms with Crippen LogP contribution in [0, 0.1) is 11.6 Å². The number of hydrogen-bond donors (Lipinski definition) is 1. The number of aromatic nitrogens is 1. The molecule has 1 aliphatic rings. The van der Waals surface area contributed by atoms with Crippen molar-refractivity contribution in [1.82, 2.24) is 15.2 Å². The zero-order chi connectivity index (χ0) is 21.2. The van der Waals surface area contributed by atoms with Crippen LogP contribution in [0.1, 0.15) is 57.3 Å². The van der Waals surface area contributed by atoms with Gasteiger partial charge >= 0.3 is 0 Å². The van der Waals surface area contributed by atoms with Gasteiger partial charge in [-0.25, -0.2) is 13.8 Å². The average Bonchev–Trinajstić information content (AvgIpc) is 3.40. The van der Waals surface area contributed by atoms with Crippen molar-refractivity contribution in [1.29, 1.82) is 0 Å². The molecule has 0 aliphatic carbocycles. The van der Waals surface area contributed by atoms with E-state index in [1.807, 2.05) is 0 Å². The van der Waals surface area contributed by atoms with E-state index < -0.39 is 11.6 Å². The molecule has 5 nitrogen and oxygen atoms in total. The molecule has 1 N–H and O–H groups in total. The maximum Gasteiger partial charge on any atom is 0.220 e. The molecule has 3 rings (SSSR count). The van der Waals surface area contributed by atoms with Crippen molar-refractivity contribution in [2.45, 2.75) is 57.8 Å². The number of benzene rings is 1. The summed E-state index contributed by atoms with van der Waals surface area (Å²) < 4.78 is 33.0. The SMILES string of the molecule is O=C(CCc1ncc(-c2c(F)cccc2F)o1)NCCCCCCCN1CCCC1. The summed E-state index contributed by atoms with van der Waals surface area (Å²) in [6, 6.07) is 3.63. The maximum atomic E-state index is 13.8. The number of carbonyl (C=O) groups is 1. The van der Waals surface area contributed by atoms with Gasteiger partial charge in [-0.05, 0) is 57.5 Å². The van der Waals surface area contributed by atoms with Crippen LogP contribution in [0.3, 0.4) is 0 Å². The van der Waals surface area contributed by atoms with E-state index in [2.05, 4.69) is 15.2 Å². The Labute approximate surface area is 176 Å². The molecule has 0 unspecified atom stereocenters. The van der Waals surface area contributed by atoms with Gasteiger partial charge in [0.25, 0.3) is 0 Å². The van der Waals surface area contributed by atoms with E-state index in [9.17, 15) is 13.6 Å². The Kier molecular flexibility index (Phi) is 8.81. The van der Waals surface area contributed by atoms with E-state index in [1.54, 1.807) is 0 Å². The van der Waals surface area contributed by atoms with Crippen LogP contribution < -0.4 is 5.32 Å². The Morgan fingerprint density at radius 3 is 2.53 bits per heavy atom. The van der Waals surface area contributed by atoms with Crippen molar-refractivity contribution < 1.29 is 18.0 Å². The minimum Gasteiger partial charge on any atom is -0.441 e. The smallest absolute Gasteiger partial charge is 0.220 e. The van der Waals surface area contributed by atoms with Gasteiger partial charge in [0.1, 0.15) is 11.6 Å². The van der Waals surface area contributed by atoms with Gasteiger partial charge in [0, 0.05) is 19.4 Å². The van der Waals surface area contributed by atoms with Crippen LogP contribution in [-0.4, -0.2) is 42.0 Å². The van der Waals surface area contributed by atoms with Crippen LogP contribution in [0.5, 0.6) is 0 Å². The highest BCUT2D eigenvalue weighted by atomic mass is 19.1. The zero-order valence-corrected chi connectivity index (χ0v) is 17.5. The molecule has 0 bridgehead atoms. The van der Waals surface area contributed by atoms with Crippen molar-refractivity contribution >= 4 is 5.91 Å². The molecular formula is C23H31F2N3O2. The van der Waals surface area contributed by atoms with Gasteiger partial charge < -0.3 is 14.6 Å². The second-order valence-corrected chi connectivity index (χ2v) is 7.88. The molecule has 1 amide bonds. The molecule has 7 heteroatoms. The lowest BCUT2D eigenvalue weighted by Crippen LogP contribution is -2.24. The largest absolute Gasteiger partial charge is 0.441 e. The minimum absolute atomic E-state index is 0.0331. The first kappa shape index (κ1) is 22.4. The number of likely N-dealkylation sites (tertiary alicyclic amines) is 1. The highest BCUT2D eigenvalue weighted by Crippen LogP contribution is 2.26. The fraction of sp³-hybridized carbons (Fsp3) is 0.565. The highest BCUT2D eigenvalue weighted by molar-refractivity contribution is 5.76. The second-order valence-electron chi connectivity index (χ2n) is 7.88. The zero-order valence-electron chi connectivity index (χ0n) is 17.5. The van der Waals surface area contributed by atoms with Gasteiger partial charge in [-0.2, -0.15) is 0 Å². The third-order valence-corrected chi connectivity index (χ3v) is 5.50. The third-order valence-electron chi connectivity index (χ3n) is 5.50. The van der Waals surface area contributed by atoms with Gasteiger partial charge in [-0.1, -0.05) is 25.3 Å². The number of halogens is 2. The van der Waals surface area contributed by atoms with E-state index in [0.29, 0.717) is 18.9 Å². The quantitative estimate of drug-likeness (QED) is 0.506. The molecule has 1 aromatic carbocycles. The van der Waals surface area contributed by atoms with Crippen LogP contribution in [0.4, 0.5) is 8.78 Å². The summed E-state index contributed by atoms with van der Waals surface area (Å²) in [5.41, 5.74) is -0.235. The number of aryl methyl sites for hydroxylation is 1. The van der Waals surface area contributed by atoms with Crippen LogP contribution in [0.25, 0.3) is 11.3 Å². The Balaban J connectivity index is 1.26. The van der Waals surface area contributed by atoms with Gasteiger partial charge in [-0.3, -0.25) is 4.79 Å². The Morgan fingerprint density at radius 1 is 1.07 bits per heavy atom. The van der Waals surface area contributed by atoms with Gasteiger partial charge in [0.05, 0.1) is 11.8 Å². The van der Waals surface area contributed by atoms with Crippen molar-refractivity contribution in [2.75, 3.05) is 26.2 Å². The molecule has 0 atom stereocenters. The predicted molar refractivity (Wildman–Crippen MR) is 112 cm³/mol. The molecule has 1 saturated heterocycles. The lowest BCUT2D eigenvalue weighted by Gasteiger charge is -2.13. The number of nitrogens with zero attached hydrogens (tertiary/aromatic N) is 2. The summed E-state index contributed by atoms with van der Waals surface area (Å²) in [6.07, 6.45) is 10.3. The molecule has 2 aromatic rings. The molecule has 0 spiro atoms. The van der Waals surface area contributed by atoms with E-state index in [1.165, 1.54) is 76.1 Å². The first-order valence-corrected chi connectivity index (χ1v) is 11.0. The van der Waals surface area contributed by atoms with Crippen molar-refractivity contribution in [3.05, 3.63) is 41.9 Å². The number of rotatable bonds is 12. The van der Waals surface area contributed by atoms with Crippen LogP contribution in [0.15, 0.2) is 28.8 Å². The van der Waals surface area contributed by atoms with Gasteiger partial charge in [-0.15, -0.1) is 0 Å². The Bertz CT molecular complexity index is 783. The summed E-state index contributed by atoms with van der Waals surface area (Å²) in [4.78, 5) is 18.6. The summed E-state index contributed by atoms with van der Waals surface area (Å²) in [5, 5.41) is 2.91. The number of oxazole rings is 1. The molecule has 164 valence electrons. The Morgan fingerprint density at radius 2 is 1.77 bits per heavy atom. The summed E-state index contributed by atoms with van der Waals surface area (Å²) >= 11 is 0. The van der Waals surface area contributed by atoms with Crippen molar-refractivity contribution in [3.8, 4) is 11.3 Å². The lowest BCUT2D eigenvalue weighted by atomic mass is 10.1. The molecule has 2 heterocycles. The van der Waals surface area contributed by atoms with E-state index in [-0.39, 0.29) is 23.7 Å². The number of unbranched alkanes of at least 4 members (excludes halogenated alkanes) is 4. The van der Waals surface area contributed by atoms with Gasteiger partial charge in [0.2, 0.25) is 5.91 Å². The van der Waals surface area contributed by atoms with Crippen LogP contribution in [-0.2, 0) is 11.2 Å². The minimum atomic E-state index is -0.702. The fourth-order valence-electron chi connectivity index (χ4n) is 3.81. The molecule has 30 heavy (non-hydrogen) atoms. The number of amides is 1. The number of carbonyl (C=O) groups excluding carboxylic acids is 1.